The third kappa shape index (κ3) is 2.14. The number of hydrogen-bond donors (Lipinski definition) is 0. The molecule has 0 aromatic heterocycles. The minimum absolute atomic E-state index is 0.0814. The fourth-order valence-electron chi connectivity index (χ4n) is 1.41. The van der Waals surface area contributed by atoms with Gasteiger partial charge in [0.1, 0.15) is 17.6 Å². The van der Waals surface area contributed by atoms with E-state index in [9.17, 15) is 14.9 Å². The number of rotatable bonds is 3. The molecule has 1 aromatic carbocycles. The van der Waals surface area contributed by atoms with Crippen molar-refractivity contribution in [2.24, 2.45) is 0 Å². The van der Waals surface area contributed by atoms with Crippen molar-refractivity contribution in [2.75, 3.05) is 0 Å². The molecular formula is C10H8ClNO4. The monoisotopic (exact) mass is 241 g/mol. The first-order valence-electron chi connectivity index (χ1n) is 4.68. The van der Waals surface area contributed by atoms with Crippen LogP contribution in [0.4, 0.5) is 5.69 Å². The minimum Gasteiger partial charge on any atom is -0.488 e. The van der Waals surface area contributed by atoms with E-state index < -0.39 is 4.92 Å². The fraction of sp³-hybridized carbons (Fsp3) is 0.300. The number of carbonyl (C=O) groups excluding carboxylic acids is 1. The van der Waals surface area contributed by atoms with Gasteiger partial charge in [0.2, 0.25) is 0 Å². The Labute approximate surface area is 96.1 Å². The molecule has 0 spiro atoms. The van der Waals surface area contributed by atoms with Crippen molar-refractivity contribution < 1.29 is 14.5 Å². The normalized spacial score (nSPS) is 15.7. The Morgan fingerprint density at radius 2 is 2.12 bits per heavy atom. The lowest BCUT2D eigenvalue weighted by atomic mass is 9.94. The molecule has 1 fully saturated rings. The summed E-state index contributed by atoms with van der Waals surface area (Å²) in [5.41, 5.74) is -0.0814. The van der Waals surface area contributed by atoms with Crippen LogP contribution in [0.15, 0.2) is 18.2 Å². The average Bonchev–Trinajstić information content (AvgIpc) is 2.18. The van der Waals surface area contributed by atoms with Crippen LogP contribution in [0.25, 0.3) is 0 Å². The number of nitrogens with zero attached hydrogens (tertiary/aromatic N) is 1. The molecule has 0 saturated heterocycles. The second-order valence-electron chi connectivity index (χ2n) is 3.56. The summed E-state index contributed by atoms with van der Waals surface area (Å²) < 4.78 is 5.41. The Balaban J connectivity index is 2.10. The molecule has 0 heterocycles. The maximum Gasteiger partial charge on any atom is 0.271 e. The van der Waals surface area contributed by atoms with Crippen LogP contribution in [-0.2, 0) is 4.79 Å². The molecule has 5 nitrogen and oxygen atoms in total. The molecular weight excluding hydrogens is 234 g/mol. The summed E-state index contributed by atoms with van der Waals surface area (Å²) in [6.07, 6.45) is 0.618. The number of Topliss-reactive ketones (excluding diaryl/α,β-unsaturated/α-hetero) is 1. The van der Waals surface area contributed by atoms with E-state index in [1.165, 1.54) is 18.2 Å². The molecule has 0 unspecified atom stereocenters. The van der Waals surface area contributed by atoms with E-state index in [4.69, 9.17) is 16.3 Å². The number of ether oxygens (including phenoxy) is 1. The fourth-order valence-corrected chi connectivity index (χ4v) is 1.63. The molecule has 84 valence electrons. The van der Waals surface area contributed by atoms with Crippen LogP contribution in [-0.4, -0.2) is 16.8 Å². The van der Waals surface area contributed by atoms with Gasteiger partial charge in [0.15, 0.2) is 0 Å². The lowest BCUT2D eigenvalue weighted by Crippen LogP contribution is -2.33. The van der Waals surface area contributed by atoms with Crippen molar-refractivity contribution in [1.29, 1.82) is 0 Å². The Morgan fingerprint density at radius 3 is 2.62 bits per heavy atom. The van der Waals surface area contributed by atoms with E-state index in [-0.39, 0.29) is 22.6 Å². The third-order valence-corrected chi connectivity index (χ3v) is 2.63. The zero-order valence-corrected chi connectivity index (χ0v) is 8.94. The topological polar surface area (TPSA) is 69.4 Å². The summed E-state index contributed by atoms with van der Waals surface area (Å²) >= 11 is 5.82. The third-order valence-electron chi connectivity index (χ3n) is 2.33. The Kier molecular flexibility index (Phi) is 2.78. The Bertz CT molecular complexity index is 452. The lowest BCUT2D eigenvalue weighted by Gasteiger charge is -2.25. The van der Waals surface area contributed by atoms with Gasteiger partial charge in [-0.15, -0.1) is 0 Å². The van der Waals surface area contributed by atoms with Gasteiger partial charge in [-0.25, -0.2) is 0 Å². The highest BCUT2D eigenvalue weighted by atomic mass is 35.5. The predicted molar refractivity (Wildman–Crippen MR) is 56.8 cm³/mol. The lowest BCUT2D eigenvalue weighted by molar-refractivity contribution is -0.384. The number of benzene rings is 1. The van der Waals surface area contributed by atoms with Crippen LogP contribution < -0.4 is 4.74 Å². The number of non-ortho nitro benzene ring substituents is 1. The van der Waals surface area contributed by atoms with E-state index in [1.807, 2.05) is 0 Å². The van der Waals surface area contributed by atoms with Crippen LogP contribution in [0, 0.1) is 10.1 Å². The van der Waals surface area contributed by atoms with Crippen LogP contribution in [0.1, 0.15) is 12.8 Å². The standard InChI is InChI=1S/C10H8ClNO4/c11-9-3-6(12(14)15)1-2-10(9)16-8-4-7(13)5-8/h1-3,8H,4-5H2. The molecule has 1 aliphatic carbocycles. The van der Waals surface area contributed by atoms with E-state index in [0.29, 0.717) is 18.6 Å². The molecule has 0 aliphatic heterocycles. The molecule has 0 amide bonds. The summed E-state index contributed by atoms with van der Waals surface area (Å²) in [6.45, 7) is 0. The number of halogens is 1. The van der Waals surface area contributed by atoms with E-state index in [2.05, 4.69) is 0 Å². The largest absolute Gasteiger partial charge is 0.488 e. The molecule has 0 atom stereocenters. The zero-order chi connectivity index (χ0) is 11.7. The number of nitro groups is 1. The molecule has 0 bridgehead atoms. The highest BCUT2D eigenvalue weighted by Crippen LogP contribution is 2.31. The number of ketones is 1. The summed E-state index contributed by atoms with van der Waals surface area (Å²) in [5.74, 6) is 0.535. The first-order chi connectivity index (χ1) is 7.56. The van der Waals surface area contributed by atoms with Crippen molar-refractivity contribution in [1.82, 2.24) is 0 Å². The van der Waals surface area contributed by atoms with Gasteiger partial charge >= 0.3 is 0 Å². The van der Waals surface area contributed by atoms with Gasteiger partial charge in [-0.3, -0.25) is 14.9 Å². The van der Waals surface area contributed by atoms with Gasteiger partial charge in [0, 0.05) is 25.0 Å². The van der Waals surface area contributed by atoms with Crippen molar-refractivity contribution in [3.63, 3.8) is 0 Å². The van der Waals surface area contributed by atoms with Crippen molar-refractivity contribution in [3.05, 3.63) is 33.3 Å². The highest BCUT2D eigenvalue weighted by molar-refractivity contribution is 6.32. The minimum atomic E-state index is -0.525. The molecule has 0 N–H and O–H groups in total. The van der Waals surface area contributed by atoms with Gasteiger partial charge in [-0.2, -0.15) is 0 Å². The van der Waals surface area contributed by atoms with Crippen LogP contribution >= 0.6 is 11.6 Å². The quantitative estimate of drug-likeness (QED) is 0.602. The summed E-state index contributed by atoms with van der Waals surface area (Å²) in [5, 5.41) is 10.6. The maximum atomic E-state index is 10.7. The van der Waals surface area contributed by atoms with Crippen molar-refractivity contribution in [3.8, 4) is 5.75 Å². The summed E-state index contributed by atoms with van der Waals surface area (Å²) in [4.78, 5) is 20.7. The Hall–Kier alpha value is -1.62. The molecule has 0 radical (unpaired) electrons. The van der Waals surface area contributed by atoms with Gasteiger partial charge in [-0.05, 0) is 6.07 Å². The van der Waals surface area contributed by atoms with Crippen LogP contribution in [0.3, 0.4) is 0 Å². The molecule has 1 aromatic rings. The SMILES string of the molecule is O=C1CC(Oc2ccc([N+](=O)[O-])cc2Cl)C1. The second-order valence-corrected chi connectivity index (χ2v) is 3.97. The van der Waals surface area contributed by atoms with E-state index in [0.717, 1.165) is 0 Å². The summed E-state index contributed by atoms with van der Waals surface area (Å²) in [7, 11) is 0. The maximum absolute atomic E-state index is 10.7. The van der Waals surface area contributed by atoms with E-state index in [1.54, 1.807) is 0 Å². The smallest absolute Gasteiger partial charge is 0.271 e. The first-order valence-corrected chi connectivity index (χ1v) is 5.06. The van der Waals surface area contributed by atoms with Crippen LogP contribution in [0.2, 0.25) is 5.02 Å². The number of hydrogen-bond acceptors (Lipinski definition) is 4. The molecule has 1 aliphatic rings. The Morgan fingerprint density at radius 1 is 1.44 bits per heavy atom. The van der Waals surface area contributed by atoms with Crippen molar-refractivity contribution in [2.45, 2.75) is 18.9 Å². The number of nitro benzene ring substituents is 1. The van der Waals surface area contributed by atoms with Crippen molar-refractivity contribution >= 4 is 23.1 Å². The van der Waals surface area contributed by atoms with Crippen LogP contribution in [0.5, 0.6) is 5.75 Å². The molecule has 16 heavy (non-hydrogen) atoms. The summed E-state index contributed by atoms with van der Waals surface area (Å²) in [6, 6.07) is 4.00. The second kappa shape index (κ2) is 4.09. The highest BCUT2D eigenvalue weighted by Gasteiger charge is 2.29. The predicted octanol–water partition coefficient (Wildman–Crippen LogP) is 2.36. The number of carbonyl (C=O) groups is 1. The van der Waals surface area contributed by atoms with Gasteiger partial charge < -0.3 is 4.74 Å². The first kappa shape index (κ1) is 10.9. The zero-order valence-electron chi connectivity index (χ0n) is 8.18. The molecule has 2 rings (SSSR count). The van der Waals surface area contributed by atoms with Gasteiger partial charge in [0.05, 0.1) is 9.95 Å². The average molecular weight is 242 g/mol. The molecule has 1 saturated carbocycles. The van der Waals surface area contributed by atoms with E-state index >= 15 is 0 Å². The molecule has 6 heteroatoms. The van der Waals surface area contributed by atoms with Gasteiger partial charge in [0.25, 0.3) is 5.69 Å². The van der Waals surface area contributed by atoms with Gasteiger partial charge in [-0.1, -0.05) is 11.6 Å².